The summed E-state index contributed by atoms with van der Waals surface area (Å²) in [6.45, 7) is -0.251. The highest BCUT2D eigenvalue weighted by atomic mass is 35.5. The van der Waals surface area contributed by atoms with Crippen LogP contribution in [0.1, 0.15) is 15.2 Å². The SMILES string of the molecule is COc1ccccc1OCC(=O)N/N=C/c1ccccc1OC(=O)c1sc2ccccc2c1Cl. The Morgan fingerprint density at radius 1 is 0.971 bits per heavy atom. The number of carbonyl (C=O) groups excluding carboxylic acids is 2. The monoisotopic (exact) mass is 494 g/mol. The van der Waals surface area contributed by atoms with Gasteiger partial charge in [-0.1, -0.05) is 54.1 Å². The Kier molecular flexibility index (Phi) is 7.41. The number of esters is 1. The largest absolute Gasteiger partial charge is 0.493 e. The third-order valence-corrected chi connectivity index (χ3v) is 6.32. The van der Waals surface area contributed by atoms with Gasteiger partial charge in [-0.05, 0) is 30.3 Å². The van der Waals surface area contributed by atoms with E-state index in [0.717, 1.165) is 10.1 Å². The summed E-state index contributed by atoms with van der Waals surface area (Å²) in [5.41, 5.74) is 2.88. The number of amides is 1. The number of hydrogen-bond acceptors (Lipinski definition) is 7. The first kappa shape index (κ1) is 23.3. The molecule has 0 atom stereocenters. The van der Waals surface area contributed by atoms with Crippen LogP contribution in [0.5, 0.6) is 17.2 Å². The van der Waals surface area contributed by atoms with Crippen LogP contribution in [0.25, 0.3) is 10.1 Å². The van der Waals surface area contributed by atoms with Crippen molar-refractivity contribution in [2.75, 3.05) is 13.7 Å². The predicted octanol–water partition coefficient (Wildman–Crippen LogP) is 5.31. The minimum atomic E-state index is -0.568. The van der Waals surface area contributed by atoms with Crippen molar-refractivity contribution < 1.29 is 23.8 Å². The molecule has 172 valence electrons. The fraction of sp³-hybridized carbons (Fsp3) is 0.0800. The van der Waals surface area contributed by atoms with E-state index in [0.29, 0.717) is 27.0 Å². The number of carbonyl (C=O) groups is 2. The maximum absolute atomic E-state index is 12.8. The Morgan fingerprint density at radius 3 is 2.41 bits per heavy atom. The van der Waals surface area contributed by atoms with Crippen LogP contribution in [0, 0.1) is 0 Å². The third kappa shape index (κ3) is 5.36. The number of benzene rings is 3. The van der Waals surface area contributed by atoms with Gasteiger partial charge in [0.05, 0.1) is 18.3 Å². The van der Waals surface area contributed by atoms with Crippen LogP contribution in [0.2, 0.25) is 5.02 Å². The fourth-order valence-corrected chi connectivity index (χ4v) is 4.44. The molecule has 4 aromatic rings. The van der Waals surface area contributed by atoms with Crippen molar-refractivity contribution in [2.24, 2.45) is 5.10 Å². The molecular weight excluding hydrogens is 476 g/mol. The van der Waals surface area contributed by atoms with Crippen LogP contribution in [0.3, 0.4) is 0 Å². The molecule has 0 fully saturated rings. The number of nitrogens with one attached hydrogen (secondary N) is 1. The topological polar surface area (TPSA) is 86.2 Å². The molecule has 0 spiro atoms. The van der Waals surface area contributed by atoms with Gasteiger partial charge in [0.25, 0.3) is 5.91 Å². The average molecular weight is 495 g/mol. The van der Waals surface area contributed by atoms with Gasteiger partial charge in [-0.2, -0.15) is 5.10 Å². The highest BCUT2D eigenvalue weighted by Crippen LogP contribution is 2.36. The van der Waals surface area contributed by atoms with Gasteiger partial charge in [-0.15, -0.1) is 11.3 Å². The van der Waals surface area contributed by atoms with Gasteiger partial charge < -0.3 is 14.2 Å². The van der Waals surface area contributed by atoms with Crippen molar-refractivity contribution >= 4 is 51.1 Å². The van der Waals surface area contributed by atoms with Crippen LogP contribution >= 0.6 is 22.9 Å². The van der Waals surface area contributed by atoms with Crippen molar-refractivity contribution in [3.05, 3.63) is 88.3 Å². The Morgan fingerprint density at radius 2 is 1.65 bits per heavy atom. The van der Waals surface area contributed by atoms with E-state index >= 15 is 0 Å². The predicted molar refractivity (Wildman–Crippen MR) is 132 cm³/mol. The molecule has 0 saturated heterocycles. The van der Waals surface area contributed by atoms with E-state index in [9.17, 15) is 9.59 Å². The Labute approximate surface area is 204 Å². The van der Waals surface area contributed by atoms with E-state index in [1.165, 1.54) is 24.7 Å². The molecule has 0 unspecified atom stereocenters. The summed E-state index contributed by atoms with van der Waals surface area (Å²) in [6, 6.07) is 21.3. The minimum Gasteiger partial charge on any atom is -0.493 e. The zero-order chi connectivity index (χ0) is 23.9. The van der Waals surface area contributed by atoms with Crippen molar-refractivity contribution in [3.8, 4) is 17.2 Å². The molecule has 0 saturated carbocycles. The van der Waals surface area contributed by atoms with Crippen molar-refractivity contribution in [1.82, 2.24) is 5.43 Å². The molecule has 9 heteroatoms. The lowest BCUT2D eigenvalue weighted by molar-refractivity contribution is -0.123. The molecule has 1 aromatic heterocycles. The Bertz CT molecular complexity index is 1370. The second kappa shape index (κ2) is 10.8. The number of para-hydroxylation sites is 3. The molecule has 0 bridgehead atoms. The second-order valence-electron chi connectivity index (χ2n) is 6.90. The molecule has 1 heterocycles. The zero-order valence-electron chi connectivity index (χ0n) is 18.0. The lowest BCUT2D eigenvalue weighted by atomic mass is 10.2. The van der Waals surface area contributed by atoms with Crippen LogP contribution in [-0.4, -0.2) is 31.8 Å². The Balaban J connectivity index is 1.39. The number of hydrogen-bond donors (Lipinski definition) is 1. The molecular formula is C25H19ClN2O5S. The van der Waals surface area contributed by atoms with E-state index in [1.807, 2.05) is 24.3 Å². The summed E-state index contributed by atoms with van der Waals surface area (Å²) in [7, 11) is 1.52. The third-order valence-electron chi connectivity index (χ3n) is 4.66. The number of methoxy groups -OCH3 is 1. The molecule has 0 aliphatic rings. The highest BCUT2D eigenvalue weighted by molar-refractivity contribution is 7.21. The van der Waals surface area contributed by atoms with E-state index in [4.69, 9.17) is 25.8 Å². The number of nitrogens with zero attached hydrogens (tertiary/aromatic N) is 1. The molecule has 1 amide bonds. The molecule has 0 aliphatic carbocycles. The van der Waals surface area contributed by atoms with Crippen LogP contribution in [0.15, 0.2) is 77.9 Å². The number of fused-ring (bicyclic) bond motifs is 1. The van der Waals surface area contributed by atoms with Gasteiger partial charge in [-0.3, -0.25) is 4.79 Å². The number of rotatable bonds is 8. The van der Waals surface area contributed by atoms with E-state index in [2.05, 4.69) is 10.5 Å². The maximum atomic E-state index is 12.8. The summed E-state index contributed by atoms with van der Waals surface area (Å²) in [6.07, 6.45) is 1.39. The summed E-state index contributed by atoms with van der Waals surface area (Å²) in [5.74, 6) is 0.217. The fourth-order valence-electron chi connectivity index (χ4n) is 3.06. The van der Waals surface area contributed by atoms with E-state index in [-0.39, 0.29) is 12.4 Å². The van der Waals surface area contributed by atoms with Gasteiger partial charge in [0.2, 0.25) is 0 Å². The molecule has 0 radical (unpaired) electrons. The number of ether oxygens (including phenoxy) is 3. The van der Waals surface area contributed by atoms with Crippen molar-refractivity contribution in [1.29, 1.82) is 0 Å². The molecule has 3 aromatic carbocycles. The Hall–Kier alpha value is -3.88. The van der Waals surface area contributed by atoms with Crippen LogP contribution in [0.4, 0.5) is 0 Å². The zero-order valence-corrected chi connectivity index (χ0v) is 19.6. The molecule has 4 rings (SSSR count). The number of halogens is 1. The normalized spacial score (nSPS) is 10.9. The highest BCUT2D eigenvalue weighted by Gasteiger charge is 2.19. The lowest BCUT2D eigenvalue weighted by Gasteiger charge is -2.09. The maximum Gasteiger partial charge on any atom is 0.355 e. The summed E-state index contributed by atoms with van der Waals surface area (Å²) < 4.78 is 17.1. The molecule has 0 aliphatic heterocycles. The summed E-state index contributed by atoms with van der Waals surface area (Å²) in [5, 5.41) is 5.10. The van der Waals surface area contributed by atoms with E-state index in [1.54, 1.807) is 48.5 Å². The first-order valence-electron chi connectivity index (χ1n) is 10.1. The number of hydrazone groups is 1. The number of thiophene rings is 1. The quantitative estimate of drug-likeness (QED) is 0.155. The van der Waals surface area contributed by atoms with Gasteiger partial charge >= 0.3 is 5.97 Å². The first-order chi connectivity index (χ1) is 16.6. The standard InChI is InChI=1S/C25H19ClN2O5S/c1-31-19-11-5-6-12-20(19)32-15-22(29)28-27-14-16-8-2-4-10-18(16)33-25(30)24-23(26)17-9-3-7-13-21(17)34-24/h2-14H,15H2,1H3,(H,28,29)/b27-14+. The second-order valence-corrected chi connectivity index (χ2v) is 8.33. The van der Waals surface area contributed by atoms with Crippen LogP contribution < -0.4 is 19.6 Å². The summed E-state index contributed by atoms with van der Waals surface area (Å²) in [4.78, 5) is 25.2. The van der Waals surface area contributed by atoms with Crippen LogP contribution in [-0.2, 0) is 4.79 Å². The average Bonchev–Trinajstić information content (AvgIpc) is 3.20. The smallest absolute Gasteiger partial charge is 0.355 e. The summed E-state index contributed by atoms with van der Waals surface area (Å²) >= 11 is 7.65. The molecule has 7 nitrogen and oxygen atoms in total. The van der Waals surface area contributed by atoms with Gasteiger partial charge in [0.15, 0.2) is 18.1 Å². The lowest BCUT2D eigenvalue weighted by Crippen LogP contribution is -2.24. The van der Waals surface area contributed by atoms with Gasteiger partial charge in [0, 0.05) is 15.6 Å². The van der Waals surface area contributed by atoms with Gasteiger partial charge in [0.1, 0.15) is 10.6 Å². The first-order valence-corrected chi connectivity index (χ1v) is 11.3. The van der Waals surface area contributed by atoms with Crippen molar-refractivity contribution in [3.63, 3.8) is 0 Å². The minimum absolute atomic E-state index is 0.251. The van der Waals surface area contributed by atoms with Crippen molar-refractivity contribution in [2.45, 2.75) is 0 Å². The van der Waals surface area contributed by atoms with Gasteiger partial charge in [-0.25, -0.2) is 10.2 Å². The van der Waals surface area contributed by atoms with E-state index < -0.39 is 11.9 Å². The molecule has 34 heavy (non-hydrogen) atoms. The molecule has 1 N–H and O–H groups in total.